The van der Waals surface area contributed by atoms with E-state index in [4.69, 9.17) is 0 Å². The van der Waals surface area contributed by atoms with E-state index in [-0.39, 0.29) is 28.8 Å². The third-order valence-electron chi connectivity index (χ3n) is 7.18. The maximum absolute atomic E-state index is 13.3. The highest BCUT2D eigenvalue weighted by Gasteiger charge is 2.66. The maximum atomic E-state index is 13.3. The van der Waals surface area contributed by atoms with Crippen molar-refractivity contribution in [1.82, 2.24) is 13.9 Å². The van der Waals surface area contributed by atoms with Gasteiger partial charge in [-0.2, -0.15) is 0 Å². The molecule has 0 N–H and O–H groups in total. The van der Waals surface area contributed by atoms with Crippen molar-refractivity contribution in [2.24, 2.45) is 11.3 Å². The van der Waals surface area contributed by atoms with Gasteiger partial charge >= 0.3 is 11.4 Å². The van der Waals surface area contributed by atoms with Gasteiger partial charge in [-0.3, -0.25) is 0 Å². The van der Waals surface area contributed by atoms with Gasteiger partial charge in [-0.1, -0.05) is 48.4 Å². The van der Waals surface area contributed by atoms with Crippen LogP contribution in [0, 0.1) is 11.3 Å². The van der Waals surface area contributed by atoms with Gasteiger partial charge in [0.25, 0.3) is 0 Å². The normalized spacial score (nSPS) is 34.7. The highest BCUT2D eigenvalue weighted by molar-refractivity contribution is 5.47. The van der Waals surface area contributed by atoms with Gasteiger partial charge in [0.15, 0.2) is 0 Å². The number of nitrogens with zero attached hydrogens (tertiary/aromatic N) is 3. The molecule has 25 heavy (non-hydrogen) atoms. The second-order valence-electron chi connectivity index (χ2n) is 7.88. The molecule has 2 aromatic rings. The number of hydrogen-bond donors (Lipinski definition) is 0. The minimum atomic E-state index is -0.535. The third-order valence-corrected chi connectivity index (χ3v) is 7.18. The van der Waals surface area contributed by atoms with Crippen LogP contribution in [0.1, 0.15) is 33.7 Å². The number of hydrogen-bond acceptors (Lipinski definition) is 2. The molecule has 5 heteroatoms. The average Bonchev–Trinajstić information content (AvgIpc) is 2.89. The van der Waals surface area contributed by atoms with Gasteiger partial charge in [0.1, 0.15) is 0 Å². The zero-order valence-corrected chi connectivity index (χ0v) is 14.9. The Bertz CT molecular complexity index is 1100. The van der Waals surface area contributed by atoms with E-state index in [0.717, 1.165) is 0 Å². The zero-order valence-electron chi connectivity index (χ0n) is 14.9. The van der Waals surface area contributed by atoms with Gasteiger partial charge in [0.05, 0.1) is 17.3 Å². The number of allylic oxidation sites excluding steroid dienone is 4. The molecule has 2 aliphatic carbocycles. The van der Waals surface area contributed by atoms with Gasteiger partial charge in [0.2, 0.25) is 0 Å². The fraction of sp³-hybridized carbons (Fsp3) is 0.400. The Morgan fingerprint density at radius 1 is 1.00 bits per heavy atom. The number of rotatable bonds is 1. The van der Waals surface area contributed by atoms with Gasteiger partial charge in [-0.15, -0.1) is 0 Å². The molecule has 0 amide bonds. The van der Waals surface area contributed by atoms with Crippen molar-refractivity contribution in [3.05, 3.63) is 74.6 Å². The molecular weight excluding hydrogens is 314 g/mol. The topological polar surface area (TPSA) is 48.9 Å². The summed E-state index contributed by atoms with van der Waals surface area (Å²) in [5.41, 5.74) is 2.13. The van der Waals surface area contributed by atoms with Crippen molar-refractivity contribution in [2.75, 3.05) is 0 Å². The van der Waals surface area contributed by atoms with E-state index in [1.54, 1.807) is 21.5 Å². The predicted molar refractivity (Wildman–Crippen MR) is 96.1 cm³/mol. The van der Waals surface area contributed by atoms with Crippen LogP contribution >= 0.6 is 0 Å². The molecule has 128 valence electrons. The zero-order chi connectivity index (χ0) is 17.7. The Balaban J connectivity index is 1.87. The summed E-state index contributed by atoms with van der Waals surface area (Å²) < 4.78 is 4.67. The Labute approximate surface area is 145 Å². The van der Waals surface area contributed by atoms with Crippen molar-refractivity contribution in [2.45, 2.75) is 39.3 Å². The first-order valence-electron chi connectivity index (χ1n) is 8.73. The van der Waals surface area contributed by atoms with Gasteiger partial charge in [0, 0.05) is 11.3 Å². The summed E-state index contributed by atoms with van der Waals surface area (Å²) in [5.74, 6) is 0.270. The van der Waals surface area contributed by atoms with Gasteiger partial charge in [-0.25, -0.2) is 23.5 Å². The lowest BCUT2D eigenvalue weighted by Crippen LogP contribution is -2.67. The summed E-state index contributed by atoms with van der Waals surface area (Å²) in [4.78, 5) is 26.5. The predicted octanol–water partition coefficient (Wildman–Crippen LogP) is 2.61. The first-order valence-corrected chi connectivity index (χ1v) is 8.73. The summed E-state index contributed by atoms with van der Waals surface area (Å²) in [6, 6.07) is 9.08. The summed E-state index contributed by atoms with van der Waals surface area (Å²) >= 11 is 0. The molecule has 0 radical (unpaired) electrons. The summed E-state index contributed by atoms with van der Waals surface area (Å²) in [6.45, 7) is 8.62. The molecule has 3 heterocycles. The lowest BCUT2D eigenvalue weighted by molar-refractivity contribution is -0.0328. The SMILES string of the molecule is CC1=C(C)[C@]2(C)[C@H]1[C@@H]1C=C[C@]2(C)n2c(=O)n(-c3ccccc3)c(=O)n21. The van der Waals surface area contributed by atoms with Crippen LogP contribution in [0.2, 0.25) is 0 Å². The summed E-state index contributed by atoms with van der Waals surface area (Å²) in [5, 5.41) is 0. The fourth-order valence-electron chi connectivity index (χ4n) is 5.54. The summed E-state index contributed by atoms with van der Waals surface area (Å²) in [6.07, 6.45) is 4.23. The van der Waals surface area contributed by atoms with E-state index in [0.29, 0.717) is 5.69 Å². The van der Waals surface area contributed by atoms with Gasteiger partial charge in [-0.05, 0) is 32.9 Å². The molecule has 4 atom stereocenters. The lowest BCUT2D eigenvalue weighted by atomic mass is 9.45. The monoisotopic (exact) mass is 335 g/mol. The van der Waals surface area contributed by atoms with Crippen LogP contribution in [0.4, 0.5) is 0 Å². The van der Waals surface area contributed by atoms with Crippen LogP contribution < -0.4 is 11.4 Å². The second-order valence-corrected chi connectivity index (χ2v) is 7.88. The first-order chi connectivity index (χ1) is 11.8. The van der Waals surface area contributed by atoms with Gasteiger partial charge < -0.3 is 0 Å². The van der Waals surface area contributed by atoms with E-state index in [1.807, 2.05) is 18.2 Å². The molecule has 0 unspecified atom stereocenters. The van der Waals surface area contributed by atoms with E-state index in [1.165, 1.54) is 15.7 Å². The molecule has 1 aromatic carbocycles. The Hall–Kier alpha value is -2.56. The standard InChI is InChI=1S/C20H21N3O2/c1-12-13(2)20(4)16(12)15-10-11-19(20,3)23-18(25)21(17(24)22(15)23)14-8-6-5-7-9-14/h5-11,15-16H,1-4H3/t15-,16+,19-,20+/m0/s1. The van der Waals surface area contributed by atoms with E-state index in [2.05, 4.69) is 39.8 Å². The van der Waals surface area contributed by atoms with Crippen molar-refractivity contribution >= 4 is 0 Å². The highest BCUT2D eigenvalue weighted by atomic mass is 16.2. The molecule has 0 fully saturated rings. The molecule has 2 aliphatic heterocycles. The van der Waals surface area contributed by atoms with Crippen molar-refractivity contribution in [3.8, 4) is 5.69 Å². The minimum Gasteiger partial charge on any atom is -0.245 e. The van der Waals surface area contributed by atoms with Crippen molar-refractivity contribution in [3.63, 3.8) is 0 Å². The van der Waals surface area contributed by atoms with Crippen LogP contribution in [0.15, 0.2) is 63.2 Å². The van der Waals surface area contributed by atoms with Crippen LogP contribution in [-0.2, 0) is 5.54 Å². The summed E-state index contributed by atoms with van der Waals surface area (Å²) in [7, 11) is 0. The molecule has 5 nitrogen and oxygen atoms in total. The fourth-order valence-corrected chi connectivity index (χ4v) is 5.54. The quantitative estimate of drug-likeness (QED) is 0.752. The Morgan fingerprint density at radius 2 is 1.68 bits per heavy atom. The molecule has 2 bridgehead atoms. The smallest absolute Gasteiger partial charge is 0.245 e. The largest absolute Gasteiger partial charge is 0.352 e. The molecule has 4 aliphatic rings. The van der Waals surface area contributed by atoms with Crippen LogP contribution in [0.3, 0.4) is 0 Å². The van der Waals surface area contributed by atoms with Crippen LogP contribution in [0.5, 0.6) is 0 Å². The van der Waals surface area contributed by atoms with E-state index >= 15 is 0 Å². The molecule has 1 aromatic heterocycles. The number of benzene rings is 1. The average molecular weight is 335 g/mol. The van der Waals surface area contributed by atoms with Crippen molar-refractivity contribution < 1.29 is 0 Å². The third kappa shape index (κ3) is 1.32. The van der Waals surface area contributed by atoms with Crippen LogP contribution in [-0.4, -0.2) is 13.9 Å². The molecule has 0 saturated heterocycles. The number of aromatic nitrogens is 3. The minimum absolute atomic E-state index is 0.0966. The van der Waals surface area contributed by atoms with E-state index < -0.39 is 5.54 Å². The Morgan fingerprint density at radius 3 is 2.36 bits per heavy atom. The molecular formula is C20H21N3O2. The lowest BCUT2D eigenvalue weighted by Gasteiger charge is -2.65. The second kappa shape index (κ2) is 4.15. The molecule has 6 rings (SSSR count). The number of para-hydroxylation sites is 1. The first kappa shape index (κ1) is 14.8. The molecule has 0 saturated carbocycles. The van der Waals surface area contributed by atoms with Crippen molar-refractivity contribution in [1.29, 1.82) is 0 Å². The van der Waals surface area contributed by atoms with Crippen LogP contribution in [0.25, 0.3) is 5.69 Å². The highest BCUT2D eigenvalue weighted by Crippen LogP contribution is 2.67. The van der Waals surface area contributed by atoms with E-state index in [9.17, 15) is 9.59 Å². The Kier molecular flexibility index (Phi) is 2.45. The maximum Gasteiger partial charge on any atom is 0.352 e. The molecule has 0 spiro atoms.